The van der Waals surface area contributed by atoms with E-state index in [1.165, 1.54) is 29.7 Å². The second kappa shape index (κ2) is 7.74. The molecule has 27 heavy (non-hydrogen) atoms. The minimum atomic E-state index is -4.09. The third-order valence-corrected chi connectivity index (χ3v) is 5.85. The van der Waals surface area contributed by atoms with E-state index in [0.717, 1.165) is 4.31 Å². The third-order valence-electron chi connectivity index (χ3n) is 3.98. The first kappa shape index (κ1) is 18.8. The van der Waals surface area contributed by atoms with Crippen molar-refractivity contribution in [3.63, 3.8) is 0 Å². The van der Waals surface area contributed by atoms with Gasteiger partial charge in [0, 0.05) is 0 Å². The normalized spacial score (nSPS) is 17.8. The second-order valence-corrected chi connectivity index (χ2v) is 7.62. The number of sulfonamides is 1. The van der Waals surface area contributed by atoms with Crippen LogP contribution in [0.5, 0.6) is 11.5 Å². The first-order valence-corrected chi connectivity index (χ1v) is 9.41. The molecule has 3 rings (SSSR count). The van der Waals surface area contributed by atoms with Crippen molar-refractivity contribution in [3.05, 3.63) is 54.6 Å². The highest BCUT2D eigenvalue weighted by molar-refractivity contribution is 7.89. The Hall–Kier alpha value is -2.95. The van der Waals surface area contributed by atoms with Gasteiger partial charge in [0.25, 0.3) is 5.91 Å². The van der Waals surface area contributed by atoms with Crippen LogP contribution >= 0.6 is 0 Å². The van der Waals surface area contributed by atoms with Crippen molar-refractivity contribution in [2.24, 2.45) is 0 Å². The summed E-state index contributed by atoms with van der Waals surface area (Å²) in [4.78, 5) is 23.2. The molecule has 1 saturated heterocycles. The van der Waals surface area contributed by atoms with Crippen LogP contribution in [0, 0.1) is 0 Å². The van der Waals surface area contributed by atoms with Crippen molar-refractivity contribution in [1.29, 1.82) is 0 Å². The van der Waals surface area contributed by atoms with Gasteiger partial charge in [-0.2, -0.15) is 4.31 Å². The van der Waals surface area contributed by atoms with Gasteiger partial charge in [-0.3, -0.25) is 14.8 Å². The average molecular weight is 391 g/mol. The fraction of sp³-hybridized carbons (Fsp3) is 0.176. The topological polar surface area (TPSA) is 125 Å². The van der Waals surface area contributed by atoms with Gasteiger partial charge >= 0.3 is 0 Å². The quantitative estimate of drug-likeness (QED) is 0.512. The summed E-state index contributed by atoms with van der Waals surface area (Å²) in [7, 11) is -4.09. The van der Waals surface area contributed by atoms with Crippen LogP contribution in [0.4, 0.5) is 0 Å². The molecule has 0 aliphatic carbocycles. The van der Waals surface area contributed by atoms with E-state index >= 15 is 0 Å². The number of hydrogen-bond donors (Lipinski definition) is 3. The zero-order valence-electron chi connectivity index (χ0n) is 14.0. The third kappa shape index (κ3) is 4.08. The molecule has 3 N–H and O–H groups in total. The Morgan fingerprint density at radius 3 is 2.37 bits per heavy atom. The van der Waals surface area contributed by atoms with Crippen LogP contribution in [-0.4, -0.2) is 42.5 Å². The number of amides is 2. The molecule has 1 heterocycles. The number of benzene rings is 2. The number of ether oxygens (including phenoxy) is 1. The minimum absolute atomic E-state index is 0.0743. The van der Waals surface area contributed by atoms with E-state index in [2.05, 4.69) is 5.32 Å². The number of hydroxylamine groups is 1. The lowest BCUT2D eigenvalue weighted by molar-refractivity contribution is -0.138. The Morgan fingerprint density at radius 1 is 1.11 bits per heavy atom. The summed E-state index contributed by atoms with van der Waals surface area (Å²) < 4.78 is 32.2. The monoisotopic (exact) mass is 391 g/mol. The maximum atomic E-state index is 12.9. The standard InChI is InChI=1S/C17H17N3O6S/c21-16-10-15(17(22)19-23)20(11-18-16)27(24,25)14-8-6-13(7-9-14)26-12-4-2-1-3-5-12/h1-9,15,23H,10-11H2,(H,18,21)(H,19,22)/t15-/m1/s1. The highest BCUT2D eigenvalue weighted by atomic mass is 32.2. The van der Waals surface area contributed by atoms with Crippen LogP contribution in [-0.2, 0) is 19.6 Å². The minimum Gasteiger partial charge on any atom is -0.457 e. The average Bonchev–Trinajstić information content (AvgIpc) is 2.68. The van der Waals surface area contributed by atoms with Gasteiger partial charge in [-0.15, -0.1) is 0 Å². The van der Waals surface area contributed by atoms with Crippen LogP contribution in [0.3, 0.4) is 0 Å². The van der Waals surface area contributed by atoms with Gasteiger partial charge < -0.3 is 10.1 Å². The van der Waals surface area contributed by atoms with Gasteiger partial charge in [0.2, 0.25) is 15.9 Å². The fourth-order valence-electron chi connectivity index (χ4n) is 2.62. The van der Waals surface area contributed by atoms with Crippen LogP contribution in [0.25, 0.3) is 0 Å². The molecular formula is C17H17N3O6S. The molecule has 0 saturated carbocycles. The number of para-hydroxylation sites is 1. The van der Waals surface area contributed by atoms with Crippen LogP contribution in [0.15, 0.2) is 59.5 Å². The Morgan fingerprint density at radius 2 is 1.74 bits per heavy atom. The Balaban J connectivity index is 1.83. The van der Waals surface area contributed by atoms with Crippen LogP contribution < -0.4 is 15.5 Å². The molecule has 10 heteroatoms. The summed E-state index contributed by atoms with van der Waals surface area (Å²) >= 11 is 0. The molecule has 0 spiro atoms. The van der Waals surface area contributed by atoms with E-state index in [1.807, 2.05) is 18.2 Å². The molecule has 1 aliphatic rings. The number of hydrogen-bond acceptors (Lipinski definition) is 6. The van der Waals surface area contributed by atoms with Crippen LogP contribution in [0.2, 0.25) is 0 Å². The highest BCUT2D eigenvalue weighted by Crippen LogP contribution is 2.26. The molecule has 2 aromatic rings. The van der Waals surface area contributed by atoms with Gasteiger partial charge in [-0.25, -0.2) is 13.9 Å². The highest BCUT2D eigenvalue weighted by Gasteiger charge is 2.40. The molecule has 142 valence electrons. The van der Waals surface area contributed by atoms with Gasteiger partial charge in [-0.1, -0.05) is 18.2 Å². The van der Waals surface area contributed by atoms with E-state index in [9.17, 15) is 18.0 Å². The fourth-order valence-corrected chi connectivity index (χ4v) is 4.11. The van der Waals surface area contributed by atoms with Crippen molar-refractivity contribution >= 4 is 21.8 Å². The van der Waals surface area contributed by atoms with Gasteiger partial charge in [-0.05, 0) is 36.4 Å². The Labute approximate surface area is 155 Å². The largest absolute Gasteiger partial charge is 0.457 e. The summed E-state index contributed by atoms with van der Waals surface area (Å²) in [6.07, 6.45) is -0.388. The van der Waals surface area contributed by atoms with Crippen LogP contribution in [0.1, 0.15) is 6.42 Å². The van der Waals surface area contributed by atoms with Gasteiger partial charge in [0.1, 0.15) is 17.5 Å². The zero-order valence-corrected chi connectivity index (χ0v) is 14.8. The van der Waals surface area contributed by atoms with Crippen molar-refractivity contribution in [3.8, 4) is 11.5 Å². The molecule has 2 aromatic carbocycles. The Bertz CT molecular complexity index is 931. The molecule has 0 unspecified atom stereocenters. The number of carbonyl (C=O) groups excluding carboxylic acids is 2. The number of nitrogens with one attached hydrogen (secondary N) is 2. The summed E-state index contributed by atoms with van der Waals surface area (Å²) in [5.41, 5.74) is 1.40. The predicted octanol–water partition coefficient (Wildman–Crippen LogP) is 0.821. The SMILES string of the molecule is O=C1C[C@H](C(=O)NO)N(S(=O)(=O)c2ccc(Oc3ccccc3)cc2)CN1. The van der Waals surface area contributed by atoms with E-state index in [1.54, 1.807) is 12.1 Å². The van der Waals surface area contributed by atoms with Gasteiger partial charge in [0.05, 0.1) is 18.0 Å². The number of rotatable bonds is 5. The van der Waals surface area contributed by atoms with E-state index in [4.69, 9.17) is 9.94 Å². The molecule has 1 fully saturated rings. The zero-order chi connectivity index (χ0) is 19.4. The van der Waals surface area contributed by atoms with E-state index < -0.39 is 27.9 Å². The molecule has 0 bridgehead atoms. The van der Waals surface area contributed by atoms with Crippen molar-refractivity contribution in [2.45, 2.75) is 17.4 Å². The summed E-state index contributed by atoms with van der Waals surface area (Å²) in [5, 5.41) is 11.2. The molecule has 9 nitrogen and oxygen atoms in total. The molecule has 1 aliphatic heterocycles. The van der Waals surface area contributed by atoms with E-state index in [-0.39, 0.29) is 18.0 Å². The van der Waals surface area contributed by atoms with E-state index in [0.29, 0.717) is 11.5 Å². The maximum Gasteiger partial charge on any atom is 0.262 e. The molecule has 0 aromatic heterocycles. The molecule has 2 amide bonds. The predicted molar refractivity (Wildman–Crippen MR) is 93.3 cm³/mol. The van der Waals surface area contributed by atoms with Crippen molar-refractivity contribution in [2.75, 3.05) is 6.67 Å². The second-order valence-electron chi connectivity index (χ2n) is 5.73. The lowest BCUT2D eigenvalue weighted by Gasteiger charge is -2.32. The first-order valence-electron chi connectivity index (χ1n) is 7.97. The first-order chi connectivity index (χ1) is 12.9. The number of nitrogens with zero attached hydrogens (tertiary/aromatic N) is 1. The molecule has 1 atom stereocenters. The van der Waals surface area contributed by atoms with Crippen molar-refractivity contribution < 1.29 is 28.0 Å². The summed E-state index contributed by atoms with van der Waals surface area (Å²) in [6.45, 7) is -0.373. The Kier molecular flexibility index (Phi) is 5.40. The smallest absolute Gasteiger partial charge is 0.262 e. The maximum absolute atomic E-state index is 12.9. The molecular weight excluding hydrogens is 374 g/mol. The molecule has 0 radical (unpaired) electrons. The van der Waals surface area contributed by atoms with Gasteiger partial charge in [0.15, 0.2) is 0 Å². The summed E-state index contributed by atoms with van der Waals surface area (Å²) in [5.74, 6) is -0.414. The lowest BCUT2D eigenvalue weighted by Crippen LogP contribution is -2.58. The summed E-state index contributed by atoms with van der Waals surface area (Å²) in [6, 6.07) is 13.3. The van der Waals surface area contributed by atoms with Crippen molar-refractivity contribution in [1.82, 2.24) is 15.1 Å². The number of carbonyl (C=O) groups is 2. The lowest BCUT2D eigenvalue weighted by atomic mass is 10.1.